The number of amides is 2. The topological polar surface area (TPSA) is 116 Å². The maximum atomic E-state index is 13.7. The zero-order valence-corrected chi connectivity index (χ0v) is 15.7. The number of nitrogens with one attached hydrogen (secondary N) is 2. The lowest BCUT2D eigenvalue weighted by molar-refractivity contribution is -0.138. The van der Waals surface area contributed by atoms with E-state index in [1.807, 2.05) is 0 Å². The van der Waals surface area contributed by atoms with Crippen molar-refractivity contribution >= 4 is 17.8 Å². The summed E-state index contributed by atoms with van der Waals surface area (Å²) in [7, 11) is 0. The molecule has 150 valence electrons. The minimum Gasteiger partial charge on any atom is -0.481 e. The van der Waals surface area contributed by atoms with E-state index in [0.717, 1.165) is 5.56 Å². The molecule has 0 bridgehead atoms. The van der Waals surface area contributed by atoms with Crippen molar-refractivity contribution in [3.63, 3.8) is 0 Å². The molecule has 8 heteroatoms. The van der Waals surface area contributed by atoms with Crippen LogP contribution in [-0.2, 0) is 20.8 Å². The maximum absolute atomic E-state index is 13.7. The van der Waals surface area contributed by atoms with E-state index in [2.05, 4.69) is 5.32 Å². The predicted octanol–water partition coefficient (Wildman–Crippen LogP) is 2.26. The lowest BCUT2D eigenvalue weighted by atomic mass is 9.91. The van der Waals surface area contributed by atoms with Gasteiger partial charge < -0.3 is 10.4 Å². The van der Waals surface area contributed by atoms with Crippen molar-refractivity contribution < 1.29 is 29.1 Å². The number of hydrogen-bond donors (Lipinski definition) is 4. The molecule has 0 aliphatic carbocycles. The van der Waals surface area contributed by atoms with Gasteiger partial charge in [-0.1, -0.05) is 18.6 Å². The highest BCUT2D eigenvalue weighted by Gasteiger charge is 2.19. The Labute approximate surface area is 157 Å². The van der Waals surface area contributed by atoms with Crippen LogP contribution in [0.3, 0.4) is 0 Å². The Morgan fingerprint density at radius 1 is 1.11 bits per heavy atom. The summed E-state index contributed by atoms with van der Waals surface area (Å²) in [5, 5.41) is 20.1. The number of carbonyl (C=O) groups is 3. The van der Waals surface area contributed by atoms with Crippen molar-refractivity contribution in [3.05, 3.63) is 34.6 Å². The molecule has 0 saturated heterocycles. The van der Waals surface area contributed by atoms with Crippen LogP contribution in [0.2, 0.25) is 0 Å². The van der Waals surface area contributed by atoms with E-state index in [-0.39, 0.29) is 24.6 Å². The van der Waals surface area contributed by atoms with Crippen LogP contribution < -0.4 is 10.8 Å². The molecule has 1 aromatic rings. The van der Waals surface area contributed by atoms with Crippen molar-refractivity contribution in [2.45, 2.75) is 52.4 Å². The second-order valence-electron chi connectivity index (χ2n) is 6.66. The minimum absolute atomic E-state index is 0.0614. The molecule has 0 saturated carbocycles. The molecule has 0 aliphatic heterocycles. The van der Waals surface area contributed by atoms with Crippen LogP contribution in [0.25, 0.3) is 0 Å². The molecule has 0 aliphatic rings. The fraction of sp³-hybridized carbons (Fsp3) is 0.526. The number of unbranched alkanes of at least 4 members (excludes halogenated alkanes) is 1. The Morgan fingerprint density at radius 2 is 1.74 bits per heavy atom. The Bertz CT molecular complexity index is 655. The van der Waals surface area contributed by atoms with Gasteiger partial charge in [-0.2, -0.15) is 0 Å². The van der Waals surface area contributed by atoms with Gasteiger partial charge in [0.15, 0.2) is 0 Å². The standard InChI is InChI=1S/C19H27FN2O5/c1-12-9-14(10-13(2)18(12)20)11-15(19(26)22-27)5-3-4-8-21-16(23)6-7-17(24)25/h9-10,15,27H,3-8,11H2,1-2H3,(H,21,23)(H,22,26)(H,24,25)/t15-/m0/s1. The normalized spacial score (nSPS) is 11.7. The van der Waals surface area contributed by atoms with Gasteiger partial charge in [0.1, 0.15) is 5.82 Å². The minimum atomic E-state index is -1.02. The second kappa shape index (κ2) is 11.3. The fourth-order valence-electron chi connectivity index (χ4n) is 2.91. The molecule has 0 aromatic heterocycles. The van der Waals surface area contributed by atoms with E-state index in [4.69, 9.17) is 10.3 Å². The van der Waals surface area contributed by atoms with Gasteiger partial charge >= 0.3 is 5.97 Å². The Morgan fingerprint density at radius 3 is 2.30 bits per heavy atom. The van der Waals surface area contributed by atoms with Gasteiger partial charge in [-0.05, 0) is 49.8 Å². The van der Waals surface area contributed by atoms with Crippen LogP contribution in [0.1, 0.15) is 48.8 Å². The average molecular weight is 382 g/mol. The van der Waals surface area contributed by atoms with E-state index in [1.54, 1.807) is 31.5 Å². The molecule has 1 atom stereocenters. The van der Waals surface area contributed by atoms with Crippen LogP contribution in [0.4, 0.5) is 4.39 Å². The molecule has 1 aromatic carbocycles. The van der Waals surface area contributed by atoms with E-state index in [9.17, 15) is 18.8 Å². The summed E-state index contributed by atoms with van der Waals surface area (Å²) in [6, 6.07) is 3.39. The lowest BCUT2D eigenvalue weighted by Crippen LogP contribution is -2.30. The second-order valence-corrected chi connectivity index (χ2v) is 6.66. The molecule has 0 spiro atoms. The van der Waals surface area contributed by atoms with Gasteiger partial charge in [0.05, 0.1) is 6.42 Å². The molecule has 0 heterocycles. The van der Waals surface area contributed by atoms with Crippen LogP contribution in [0.5, 0.6) is 0 Å². The highest BCUT2D eigenvalue weighted by Crippen LogP contribution is 2.20. The number of halogens is 1. The highest BCUT2D eigenvalue weighted by atomic mass is 19.1. The first kappa shape index (κ1) is 22.6. The van der Waals surface area contributed by atoms with E-state index < -0.39 is 17.8 Å². The fourth-order valence-corrected chi connectivity index (χ4v) is 2.91. The summed E-state index contributed by atoms with van der Waals surface area (Å²) in [5.41, 5.74) is 3.52. The number of benzene rings is 1. The van der Waals surface area contributed by atoms with E-state index >= 15 is 0 Å². The number of hydroxylamine groups is 1. The molecule has 4 N–H and O–H groups in total. The maximum Gasteiger partial charge on any atom is 0.303 e. The number of rotatable bonds is 11. The first-order valence-corrected chi connectivity index (χ1v) is 8.92. The summed E-state index contributed by atoms with van der Waals surface area (Å²) in [5.74, 6) is -2.57. The van der Waals surface area contributed by atoms with Crippen molar-refractivity contribution in [1.82, 2.24) is 10.8 Å². The molecule has 1 rings (SSSR count). The van der Waals surface area contributed by atoms with Gasteiger partial charge in [-0.3, -0.25) is 19.6 Å². The van der Waals surface area contributed by atoms with Crippen LogP contribution in [0, 0.1) is 25.6 Å². The number of carboxylic acid groups (broad SMARTS) is 1. The third kappa shape index (κ3) is 8.17. The summed E-state index contributed by atoms with van der Waals surface area (Å²) in [6.45, 7) is 3.72. The zero-order valence-electron chi connectivity index (χ0n) is 15.7. The summed E-state index contributed by atoms with van der Waals surface area (Å²) < 4.78 is 13.7. The number of carbonyl (C=O) groups excluding carboxylic acids is 2. The van der Waals surface area contributed by atoms with Crippen molar-refractivity contribution in [3.8, 4) is 0 Å². The molecule has 7 nitrogen and oxygen atoms in total. The first-order valence-electron chi connectivity index (χ1n) is 8.92. The molecule has 27 heavy (non-hydrogen) atoms. The van der Waals surface area contributed by atoms with Gasteiger partial charge in [-0.25, -0.2) is 9.87 Å². The molecule has 2 amide bonds. The molecule has 0 fully saturated rings. The number of hydrogen-bond acceptors (Lipinski definition) is 4. The summed E-state index contributed by atoms with van der Waals surface area (Å²) >= 11 is 0. The van der Waals surface area contributed by atoms with Crippen LogP contribution in [-0.4, -0.2) is 34.6 Å². The molecule has 0 radical (unpaired) electrons. The van der Waals surface area contributed by atoms with Crippen LogP contribution >= 0.6 is 0 Å². The van der Waals surface area contributed by atoms with Crippen molar-refractivity contribution in [1.29, 1.82) is 0 Å². The van der Waals surface area contributed by atoms with Gasteiger partial charge in [0.2, 0.25) is 11.8 Å². The third-order valence-corrected chi connectivity index (χ3v) is 4.33. The number of carboxylic acids is 1. The Balaban J connectivity index is 2.48. The lowest BCUT2D eigenvalue weighted by Gasteiger charge is -2.16. The van der Waals surface area contributed by atoms with Gasteiger partial charge in [-0.15, -0.1) is 0 Å². The average Bonchev–Trinajstić information content (AvgIpc) is 2.62. The van der Waals surface area contributed by atoms with Gasteiger partial charge in [0.25, 0.3) is 0 Å². The van der Waals surface area contributed by atoms with Gasteiger partial charge in [0, 0.05) is 18.9 Å². The first-order chi connectivity index (χ1) is 12.7. The summed E-state index contributed by atoms with van der Waals surface area (Å²) in [4.78, 5) is 33.7. The molecular weight excluding hydrogens is 355 g/mol. The van der Waals surface area contributed by atoms with E-state index in [1.165, 1.54) is 0 Å². The smallest absolute Gasteiger partial charge is 0.303 e. The molecular formula is C19H27FN2O5. The molecule has 0 unspecified atom stereocenters. The van der Waals surface area contributed by atoms with Crippen molar-refractivity contribution in [2.75, 3.05) is 6.54 Å². The number of aliphatic carboxylic acids is 1. The van der Waals surface area contributed by atoms with E-state index in [0.29, 0.717) is 43.4 Å². The Hall–Kier alpha value is -2.48. The monoisotopic (exact) mass is 382 g/mol. The Kier molecular flexibility index (Phi) is 9.42. The largest absolute Gasteiger partial charge is 0.481 e. The van der Waals surface area contributed by atoms with Crippen molar-refractivity contribution in [2.24, 2.45) is 5.92 Å². The quantitative estimate of drug-likeness (QED) is 0.266. The summed E-state index contributed by atoms with van der Waals surface area (Å²) in [6.07, 6.45) is 1.85. The predicted molar refractivity (Wildman–Crippen MR) is 96.7 cm³/mol. The van der Waals surface area contributed by atoms with Crippen LogP contribution in [0.15, 0.2) is 12.1 Å². The SMILES string of the molecule is Cc1cc(C[C@H](CCCCNC(=O)CCC(=O)O)C(=O)NO)cc(C)c1F. The third-order valence-electron chi connectivity index (χ3n) is 4.33. The number of aryl methyl sites for hydroxylation is 2. The zero-order chi connectivity index (χ0) is 20.4. The highest BCUT2D eigenvalue weighted by molar-refractivity contribution is 5.80.